The number of anilines is 1. The molecular formula is C19H20N4O4S2. The summed E-state index contributed by atoms with van der Waals surface area (Å²) in [6.45, 7) is 2.14. The maximum Gasteiger partial charge on any atom is 0.257 e. The SMILES string of the molecule is CC(=O)Nc1ccc(S(=O)(=O)N2CCC[C@H](c3nnc(-c4cccs4)o3)C2)cc1. The van der Waals surface area contributed by atoms with Crippen LogP contribution in [-0.2, 0) is 14.8 Å². The normalized spacial score (nSPS) is 17.9. The van der Waals surface area contributed by atoms with Gasteiger partial charge in [-0.05, 0) is 48.6 Å². The summed E-state index contributed by atoms with van der Waals surface area (Å²) in [7, 11) is -3.65. The van der Waals surface area contributed by atoms with Crippen LogP contribution in [0.1, 0.15) is 31.6 Å². The summed E-state index contributed by atoms with van der Waals surface area (Å²) >= 11 is 1.51. The molecule has 0 bridgehead atoms. The second-order valence-corrected chi connectivity index (χ2v) is 9.72. The van der Waals surface area contributed by atoms with Crippen molar-refractivity contribution in [1.82, 2.24) is 14.5 Å². The molecule has 1 fully saturated rings. The number of nitrogens with one attached hydrogen (secondary N) is 1. The monoisotopic (exact) mass is 432 g/mol. The quantitative estimate of drug-likeness (QED) is 0.663. The lowest BCUT2D eigenvalue weighted by Gasteiger charge is -2.30. The second-order valence-electron chi connectivity index (χ2n) is 6.83. The van der Waals surface area contributed by atoms with E-state index < -0.39 is 10.0 Å². The first kappa shape index (κ1) is 19.7. The van der Waals surface area contributed by atoms with Crippen LogP contribution in [0.15, 0.2) is 51.1 Å². The van der Waals surface area contributed by atoms with Crippen molar-refractivity contribution in [2.24, 2.45) is 0 Å². The molecule has 1 aliphatic heterocycles. The van der Waals surface area contributed by atoms with Crippen molar-refractivity contribution in [2.45, 2.75) is 30.6 Å². The Morgan fingerprint density at radius 2 is 2.03 bits per heavy atom. The Morgan fingerprint density at radius 3 is 2.72 bits per heavy atom. The Labute approximate surface area is 172 Å². The zero-order chi connectivity index (χ0) is 20.4. The van der Waals surface area contributed by atoms with Gasteiger partial charge in [-0.15, -0.1) is 21.5 Å². The highest BCUT2D eigenvalue weighted by Gasteiger charge is 2.33. The zero-order valence-electron chi connectivity index (χ0n) is 15.7. The molecule has 1 atom stereocenters. The van der Waals surface area contributed by atoms with Gasteiger partial charge in [-0.25, -0.2) is 8.42 Å². The van der Waals surface area contributed by atoms with Crippen molar-refractivity contribution in [2.75, 3.05) is 18.4 Å². The Bertz CT molecular complexity index is 1090. The van der Waals surface area contributed by atoms with Crippen LogP contribution in [0.5, 0.6) is 0 Å². The van der Waals surface area contributed by atoms with Crippen LogP contribution in [0.3, 0.4) is 0 Å². The van der Waals surface area contributed by atoms with Gasteiger partial charge in [0, 0.05) is 25.7 Å². The van der Waals surface area contributed by atoms with E-state index in [2.05, 4.69) is 15.5 Å². The average Bonchev–Trinajstić information content (AvgIpc) is 3.40. The molecule has 0 saturated carbocycles. The summed E-state index contributed by atoms with van der Waals surface area (Å²) in [5, 5.41) is 12.8. The first-order valence-corrected chi connectivity index (χ1v) is 11.5. The number of carbonyl (C=O) groups is 1. The smallest absolute Gasteiger partial charge is 0.257 e. The van der Waals surface area contributed by atoms with Gasteiger partial charge in [-0.3, -0.25) is 4.79 Å². The van der Waals surface area contributed by atoms with E-state index in [1.54, 1.807) is 12.1 Å². The summed E-state index contributed by atoms with van der Waals surface area (Å²) in [5.41, 5.74) is 0.555. The Hall–Kier alpha value is -2.56. The van der Waals surface area contributed by atoms with E-state index in [0.29, 0.717) is 37.0 Å². The minimum atomic E-state index is -3.65. The fourth-order valence-electron chi connectivity index (χ4n) is 3.32. The lowest BCUT2D eigenvalue weighted by Crippen LogP contribution is -2.39. The number of benzene rings is 1. The van der Waals surface area contributed by atoms with Crippen molar-refractivity contribution in [1.29, 1.82) is 0 Å². The van der Waals surface area contributed by atoms with Crippen molar-refractivity contribution in [3.8, 4) is 10.8 Å². The molecule has 4 rings (SSSR count). The van der Waals surface area contributed by atoms with Crippen molar-refractivity contribution in [3.05, 3.63) is 47.7 Å². The van der Waals surface area contributed by atoms with Crippen molar-refractivity contribution in [3.63, 3.8) is 0 Å². The minimum absolute atomic E-state index is 0.140. The molecular weight excluding hydrogens is 412 g/mol. The third kappa shape index (κ3) is 4.24. The maximum absolute atomic E-state index is 13.1. The fraction of sp³-hybridized carbons (Fsp3) is 0.316. The molecule has 0 radical (unpaired) electrons. The third-order valence-electron chi connectivity index (χ3n) is 4.72. The number of carbonyl (C=O) groups excluding carboxylic acids is 1. The topological polar surface area (TPSA) is 105 Å². The number of amides is 1. The molecule has 3 aromatic rings. The molecule has 1 N–H and O–H groups in total. The van der Waals surface area contributed by atoms with Crippen LogP contribution in [0.2, 0.25) is 0 Å². The second kappa shape index (κ2) is 8.05. The molecule has 3 heterocycles. The molecule has 1 saturated heterocycles. The molecule has 0 aliphatic carbocycles. The number of aromatic nitrogens is 2. The van der Waals surface area contributed by atoms with Crippen LogP contribution in [0, 0.1) is 0 Å². The average molecular weight is 433 g/mol. The van der Waals surface area contributed by atoms with Crippen molar-refractivity contribution < 1.29 is 17.6 Å². The Balaban J connectivity index is 1.51. The summed E-state index contributed by atoms with van der Waals surface area (Å²) in [4.78, 5) is 12.2. The van der Waals surface area contributed by atoms with E-state index in [1.165, 1.54) is 34.7 Å². The lowest BCUT2D eigenvalue weighted by molar-refractivity contribution is -0.114. The fourth-order valence-corrected chi connectivity index (χ4v) is 5.49. The first-order valence-electron chi connectivity index (χ1n) is 9.18. The van der Waals surface area contributed by atoms with Gasteiger partial charge < -0.3 is 9.73 Å². The number of sulfonamides is 1. The Kier molecular flexibility index (Phi) is 5.48. The number of hydrogen-bond acceptors (Lipinski definition) is 7. The summed E-state index contributed by atoms with van der Waals surface area (Å²) in [6, 6.07) is 10.00. The summed E-state index contributed by atoms with van der Waals surface area (Å²) < 4.78 is 33.4. The highest BCUT2D eigenvalue weighted by molar-refractivity contribution is 7.89. The molecule has 8 nitrogen and oxygen atoms in total. The first-order chi connectivity index (χ1) is 13.9. The van der Waals surface area contributed by atoms with Gasteiger partial charge in [0.2, 0.25) is 21.8 Å². The van der Waals surface area contributed by atoms with E-state index in [1.807, 2.05) is 17.5 Å². The number of piperidine rings is 1. The van der Waals surface area contributed by atoms with E-state index >= 15 is 0 Å². The molecule has 29 heavy (non-hydrogen) atoms. The largest absolute Gasteiger partial charge is 0.420 e. The van der Waals surface area contributed by atoms with Crippen LogP contribution in [0.25, 0.3) is 10.8 Å². The number of hydrogen-bond donors (Lipinski definition) is 1. The number of rotatable bonds is 5. The highest BCUT2D eigenvalue weighted by atomic mass is 32.2. The lowest BCUT2D eigenvalue weighted by atomic mass is 10.00. The molecule has 1 amide bonds. The van der Waals surface area contributed by atoms with Crippen molar-refractivity contribution >= 4 is 33.0 Å². The predicted molar refractivity (Wildman–Crippen MR) is 109 cm³/mol. The van der Waals surface area contributed by atoms with Gasteiger partial charge >= 0.3 is 0 Å². The third-order valence-corrected chi connectivity index (χ3v) is 7.46. The predicted octanol–water partition coefficient (Wildman–Crippen LogP) is 3.32. The van der Waals surface area contributed by atoms with Crippen LogP contribution < -0.4 is 5.32 Å². The summed E-state index contributed by atoms with van der Waals surface area (Å²) in [5.74, 6) is 0.581. The van der Waals surface area contributed by atoms with Gasteiger partial charge in [-0.2, -0.15) is 4.31 Å². The zero-order valence-corrected chi connectivity index (χ0v) is 17.4. The molecule has 2 aromatic heterocycles. The molecule has 152 valence electrons. The molecule has 1 aliphatic rings. The van der Waals surface area contributed by atoms with E-state index in [9.17, 15) is 13.2 Å². The van der Waals surface area contributed by atoms with Crippen LogP contribution in [-0.4, -0.2) is 41.9 Å². The van der Waals surface area contributed by atoms with E-state index in [4.69, 9.17) is 4.42 Å². The highest BCUT2D eigenvalue weighted by Crippen LogP contribution is 2.32. The van der Waals surface area contributed by atoms with Gasteiger partial charge in [-0.1, -0.05) is 6.07 Å². The summed E-state index contributed by atoms with van der Waals surface area (Å²) in [6.07, 6.45) is 1.50. The number of nitrogens with zero attached hydrogens (tertiary/aromatic N) is 3. The van der Waals surface area contributed by atoms with Gasteiger partial charge in [0.1, 0.15) is 0 Å². The van der Waals surface area contributed by atoms with E-state index in [0.717, 1.165) is 11.3 Å². The standard InChI is InChI=1S/C19H20N4O4S2/c1-13(24)20-15-6-8-16(9-7-15)29(25,26)23-10-2-4-14(12-23)18-21-22-19(27-18)17-5-3-11-28-17/h3,5-9,11,14H,2,4,10,12H2,1H3,(H,20,24)/t14-/m0/s1. The molecule has 0 unspecified atom stereocenters. The molecule has 0 spiro atoms. The van der Waals surface area contributed by atoms with Gasteiger partial charge in [0.25, 0.3) is 5.89 Å². The Morgan fingerprint density at radius 1 is 1.24 bits per heavy atom. The van der Waals surface area contributed by atoms with Gasteiger partial charge in [0.05, 0.1) is 15.7 Å². The van der Waals surface area contributed by atoms with Crippen LogP contribution >= 0.6 is 11.3 Å². The molecule has 10 heteroatoms. The number of thiophene rings is 1. The van der Waals surface area contributed by atoms with Crippen LogP contribution in [0.4, 0.5) is 5.69 Å². The minimum Gasteiger partial charge on any atom is -0.420 e. The van der Waals surface area contributed by atoms with E-state index in [-0.39, 0.29) is 16.7 Å². The molecule has 1 aromatic carbocycles. The maximum atomic E-state index is 13.1. The van der Waals surface area contributed by atoms with Gasteiger partial charge in [0.15, 0.2) is 0 Å².